The van der Waals surface area contributed by atoms with Gasteiger partial charge < -0.3 is 9.84 Å². The zero-order valence-electron chi connectivity index (χ0n) is 14.4. The quantitative estimate of drug-likeness (QED) is 0.869. The van der Waals surface area contributed by atoms with Gasteiger partial charge in [0, 0.05) is 31.0 Å². The van der Waals surface area contributed by atoms with Crippen molar-refractivity contribution in [3.05, 3.63) is 59.2 Å². The van der Waals surface area contributed by atoms with Gasteiger partial charge in [-0.15, -0.1) is 0 Å². The Morgan fingerprint density at radius 2 is 2.12 bits per heavy atom. The summed E-state index contributed by atoms with van der Waals surface area (Å²) in [7, 11) is 0. The molecule has 0 radical (unpaired) electrons. The van der Waals surface area contributed by atoms with Crippen LogP contribution in [0.25, 0.3) is 0 Å². The number of carboxylic acids is 1. The van der Waals surface area contributed by atoms with Crippen LogP contribution < -0.4 is 0 Å². The van der Waals surface area contributed by atoms with Crippen molar-refractivity contribution >= 4 is 5.97 Å². The molecule has 0 aliphatic carbocycles. The Labute approximate surface area is 147 Å². The minimum Gasteiger partial charge on any atom is -0.478 e. The molecule has 1 aliphatic rings. The van der Waals surface area contributed by atoms with Crippen molar-refractivity contribution < 1.29 is 14.6 Å². The summed E-state index contributed by atoms with van der Waals surface area (Å²) in [6.07, 6.45) is 3.63. The first-order valence-corrected chi connectivity index (χ1v) is 8.54. The number of aryl methyl sites for hydroxylation is 2. The second kappa shape index (κ2) is 8.18. The molecule has 1 N–H and O–H groups in total. The van der Waals surface area contributed by atoms with Crippen molar-refractivity contribution in [3.63, 3.8) is 0 Å². The first-order chi connectivity index (χ1) is 12.1. The Bertz CT molecular complexity index is 718. The predicted molar refractivity (Wildman–Crippen MR) is 93.5 cm³/mol. The van der Waals surface area contributed by atoms with Crippen molar-refractivity contribution in [3.8, 4) is 0 Å². The van der Waals surface area contributed by atoms with E-state index < -0.39 is 5.97 Å². The average molecular weight is 341 g/mol. The number of ether oxygens (including phenoxy) is 1. The van der Waals surface area contributed by atoms with Gasteiger partial charge in [-0.2, -0.15) is 0 Å². The summed E-state index contributed by atoms with van der Waals surface area (Å²) in [4.78, 5) is 21.7. The monoisotopic (exact) mass is 341 g/mol. The first kappa shape index (κ1) is 17.5. The van der Waals surface area contributed by atoms with Crippen LogP contribution in [0.15, 0.2) is 36.7 Å². The fourth-order valence-corrected chi connectivity index (χ4v) is 3.06. The number of benzene rings is 1. The third-order valence-electron chi connectivity index (χ3n) is 4.41. The summed E-state index contributed by atoms with van der Waals surface area (Å²) >= 11 is 0. The molecule has 1 saturated heterocycles. The maximum absolute atomic E-state index is 10.9. The molecule has 1 fully saturated rings. The lowest BCUT2D eigenvalue weighted by molar-refractivity contribution is -0.0346. The molecule has 0 bridgehead atoms. The molecule has 132 valence electrons. The Kier molecular flexibility index (Phi) is 5.73. The maximum atomic E-state index is 10.9. The summed E-state index contributed by atoms with van der Waals surface area (Å²) in [5.41, 5.74) is 3.49. The summed E-state index contributed by atoms with van der Waals surface area (Å²) in [6, 6.07) is 9.11. The Balaban J connectivity index is 1.51. The molecule has 1 unspecified atom stereocenters. The van der Waals surface area contributed by atoms with Crippen LogP contribution in [-0.4, -0.2) is 51.7 Å². The van der Waals surface area contributed by atoms with Crippen LogP contribution in [0, 0.1) is 6.92 Å². The molecule has 2 aromatic rings. The number of aromatic carboxylic acids is 1. The molecule has 0 saturated carbocycles. The van der Waals surface area contributed by atoms with Crippen molar-refractivity contribution in [2.24, 2.45) is 0 Å². The van der Waals surface area contributed by atoms with Crippen molar-refractivity contribution in [1.82, 2.24) is 14.9 Å². The van der Waals surface area contributed by atoms with E-state index in [-0.39, 0.29) is 6.10 Å². The maximum Gasteiger partial charge on any atom is 0.335 e. The van der Waals surface area contributed by atoms with E-state index >= 15 is 0 Å². The highest BCUT2D eigenvalue weighted by Crippen LogP contribution is 2.15. The zero-order chi connectivity index (χ0) is 17.6. The molecule has 1 aromatic carbocycles. The van der Waals surface area contributed by atoms with Gasteiger partial charge in [0.15, 0.2) is 0 Å². The number of carbonyl (C=O) groups is 1. The average Bonchev–Trinajstić information content (AvgIpc) is 2.61. The van der Waals surface area contributed by atoms with Gasteiger partial charge in [0.05, 0.1) is 18.3 Å². The number of carboxylic acid groups (broad SMARTS) is 1. The molecule has 0 amide bonds. The van der Waals surface area contributed by atoms with E-state index in [1.165, 1.54) is 0 Å². The van der Waals surface area contributed by atoms with E-state index in [0.717, 1.165) is 56.0 Å². The molecule has 25 heavy (non-hydrogen) atoms. The molecular weight excluding hydrogens is 318 g/mol. The number of hydrogen-bond donors (Lipinski definition) is 1. The number of nitrogens with zero attached hydrogens (tertiary/aromatic N) is 3. The molecule has 3 rings (SSSR count). The molecule has 6 nitrogen and oxygen atoms in total. The van der Waals surface area contributed by atoms with Crippen LogP contribution in [0.3, 0.4) is 0 Å². The van der Waals surface area contributed by atoms with Gasteiger partial charge in [-0.1, -0.05) is 12.1 Å². The normalized spacial score (nSPS) is 18.2. The highest BCUT2D eigenvalue weighted by molar-refractivity contribution is 5.87. The molecule has 1 aliphatic heterocycles. The molecule has 6 heteroatoms. The fraction of sp³-hybridized carbons (Fsp3) is 0.421. The lowest BCUT2D eigenvalue weighted by Crippen LogP contribution is -2.42. The number of hydrogen-bond acceptors (Lipinski definition) is 5. The molecule has 1 atom stereocenters. The number of morpholine rings is 1. The molecule has 1 aromatic heterocycles. The minimum absolute atomic E-state index is 0.197. The Morgan fingerprint density at radius 3 is 2.84 bits per heavy atom. The summed E-state index contributed by atoms with van der Waals surface area (Å²) in [6.45, 7) is 5.28. The van der Waals surface area contributed by atoms with E-state index in [9.17, 15) is 4.79 Å². The summed E-state index contributed by atoms with van der Waals surface area (Å²) < 4.78 is 5.89. The van der Waals surface area contributed by atoms with E-state index in [4.69, 9.17) is 9.84 Å². The summed E-state index contributed by atoms with van der Waals surface area (Å²) in [5.74, 6) is -0.891. The second-order valence-electron chi connectivity index (χ2n) is 6.42. The molecular formula is C19H23N3O3. The number of rotatable bonds is 6. The van der Waals surface area contributed by atoms with Gasteiger partial charge in [0.2, 0.25) is 0 Å². The second-order valence-corrected chi connectivity index (χ2v) is 6.42. The topological polar surface area (TPSA) is 75.6 Å². The molecule has 0 spiro atoms. The third kappa shape index (κ3) is 5.08. The van der Waals surface area contributed by atoms with Gasteiger partial charge in [-0.3, -0.25) is 4.90 Å². The molecule has 2 heterocycles. The number of aromatic nitrogens is 2. The third-order valence-corrected chi connectivity index (χ3v) is 4.41. The van der Waals surface area contributed by atoms with Gasteiger partial charge in [-0.25, -0.2) is 14.8 Å². The van der Waals surface area contributed by atoms with Gasteiger partial charge >= 0.3 is 5.97 Å². The van der Waals surface area contributed by atoms with Gasteiger partial charge in [-0.05, 0) is 43.5 Å². The first-order valence-electron chi connectivity index (χ1n) is 8.54. The van der Waals surface area contributed by atoms with Crippen molar-refractivity contribution in [1.29, 1.82) is 0 Å². The highest BCUT2D eigenvalue weighted by Gasteiger charge is 2.20. The van der Waals surface area contributed by atoms with Gasteiger partial charge in [0.1, 0.15) is 6.33 Å². The smallest absolute Gasteiger partial charge is 0.335 e. The van der Waals surface area contributed by atoms with Gasteiger partial charge in [0.25, 0.3) is 0 Å². The Hall–Kier alpha value is -2.31. The fourth-order valence-electron chi connectivity index (χ4n) is 3.06. The van der Waals surface area contributed by atoms with E-state index in [0.29, 0.717) is 5.56 Å². The van der Waals surface area contributed by atoms with E-state index in [1.54, 1.807) is 18.5 Å². The predicted octanol–water partition coefficient (Wildman–Crippen LogP) is 2.32. The minimum atomic E-state index is -0.891. The standard InChI is InChI=1S/C19H23N3O3/c1-14-10-17(21-13-20-14)6-7-18-12-22(8-9-25-18)11-15-2-4-16(5-3-15)19(23)24/h2-5,10,13,18H,6-9,11-12H2,1H3,(H,23,24). The van der Waals surface area contributed by atoms with Crippen LogP contribution in [-0.2, 0) is 17.7 Å². The van der Waals surface area contributed by atoms with Crippen LogP contribution in [0.5, 0.6) is 0 Å². The van der Waals surface area contributed by atoms with Crippen LogP contribution in [0.2, 0.25) is 0 Å². The summed E-state index contributed by atoms with van der Waals surface area (Å²) in [5, 5.41) is 8.97. The van der Waals surface area contributed by atoms with Crippen LogP contribution >= 0.6 is 0 Å². The lowest BCUT2D eigenvalue weighted by Gasteiger charge is -2.33. The van der Waals surface area contributed by atoms with E-state index in [2.05, 4.69) is 14.9 Å². The van der Waals surface area contributed by atoms with Crippen molar-refractivity contribution in [2.45, 2.75) is 32.4 Å². The Morgan fingerprint density at radius 1 is 1.32 bits per heavy atom. The van der Waals surface area contributed by atoms with Crippen LogP contribution in [0.4, 0.5) is 0 Å². The van der Waals surface area contributed by atoms with E-state index in [1.807, 2.05) is 25.1 Å². The largest absolute Gasteiger partial charge is 0.478 e. The SMILES string of the molecule is Cc1cc(CCC2CN(Cc3ccc(C(=O)O)cc3)CCO2)ncn1. The lowest BCUT2D eigenvalue weighted by atomic mass is 10.1. The van der Waals surface area contributed by atoms with Crippen LogP contribution in [0.1, 0.15) is 33.7 Å². The van der Waals surface area contributed by atoms with Crippen molar-refractivity contribution in [2.75, 3.05) is 19.7 Å². The zero-order valence-corrected chi connectivity index (χ0v) is 14.4. The highest BCUT2D eigenvalue weighted by atomic mass is 16.5.